The molecule has 0 unspecified atom stereocenters. The maximum absolute atomic E-state index is 11.6. The van der Waals surface area contributed by atoms with Gasteiger partial charge in [-0.25, -0.2) is 0 Å². The predicted octanol–water partition coefficient (Wildman–Crippen LogP) is 1.11. The molecule has 4 nitrogen and oxygen atoms in total. The van der Waals surface area contributed by atoms with Gasteiger partial charge in [0.1, 0.15) is 0 Å². The highest BCUT2D eigenvalue weighted by Crippen LogP contribution is 2.07. The van der Waals surface area contributed by atoms with Gasteiger partial charge in [-0.1, -0.05) is 6.07 Å². The highest BCUT2D eigenvalue weighted by molar-refractivity contribution is 7.09. The van der Waals surface area contributed by atoms with Gasteiger partial charge in [0.2, 0.25) is 5.91 Å². The fraction of sp³-hybridized carbons (Fsp3) is 0.545. The van der Waals surface area contributed by atoms with Gasteiger partial charge in [0.25, 0.3) is 0 Å². The minimum absolute atomic E-state index is 0. The van der Waals surface area contributed by atoms with Crippen LogP contribution in [0.5, 0.6) is 0 Å². The van der Waals surface area contributed by atoms with E-state index < -0.39 is 0 Å². The van der Waals surface area contributed by atoms with Crippen LogP contribution in [0.4, 0.5) is 0 Å². The number of hydrogen-bond acceptors (Lipinski definition) is 4. The van der Waals surface area contributed by atoms with Crippen molar-refractivity contribution >= 4 is 42.1 Å². The van der Waals surface area contributed by atoms with Crippen molar-refractivity contribution in [1.82, 2.24) is 15.5 Å². The van der Waals surface area contributed by atoms with Crippen LogP contribution in [0.2, 0.25) is 0 Å². The molecule has 2 heterocycles. The molecule has 2 N–H and O–H groups in total. The van der Waals surface area contributed by atoms with Crippen molar-refractivity contribution in [3.63, 3.8) is 0 Å². The average molecular weight is 312 g/mol. The van der Waals surface area contributed by atoms with Crippen LogP contribution in [0.15, 0.2) is 17.5 Å². The second-order valence-corrected chi connectivity index (χ2v) is 4.91. The summed E-state index contributed by atoms with van der Waals surface area (Å²) >= 11 is 1.67. The predicted molar refractivity (Wildman–Crippen MR) is 80.0 cm³/mol. The number of carbonyl (C=O) groups excluding carboxylic acids is 1. The molecule has 104 valence electrons. The summed E-state index contributed by atoms with van der Waals surface area (Å²) < 4.78 is 0. The van der Waals surface area contributed by atoms with Gasteiger partial charge in [-0.3, -0.25) is 9.69 Å². The highest BCUT2D eigenvalue weighted by Gasteiger charge is 2.12. The van der Waals surface area contributed by atoms with E-state index in [4.69, 9.17) is 0 Å². The SMILES string of the molecule is Cl.Cl.O=C(CN1CCNCC1)NCc1cccs1. The first kappa shape index (κ1) is 17.7. The van der Waals surface area contributed by atoms with Gasteiger partial charge >= 0.3 is 0 Å². The van der Waals surface area contributed by atoms with E-state index in [1.807, 2.05) is 17.5 Å². The Morgan fingerprint density at radius 1 is 1.39 bits per heavy atom. The summed E-state index contributed by atoms with van der Waals surface area (Å²) in [5, 5.41) is 8.24. The first-order valence-electron chi connectivity index (χ1n) is 5.57. The molecule has 0 atom stereocenters. The van der Waals surface area contributed by atoms with E-state index in [1.54, 1.807) is 11.3 Å². The molecule has 1 aromatic rings. The topological polar surface area (TPSA) is 44.4 Å². The lowest BCUT2D eigenvalue weighted by Gasteiger charge is -2.26. The molecule has 2 rings (SSSR count). The number of piperazine rings is 1. The molecule has 1 fully saturated rings. The Kier molecular flexibility index (Phi) is 9.40. The Balaban J connectivity index is 0.00000144. The van der Waals surface area contributed by atoms with Crippen LogP contribution in [-0.4, -0.2) is 43.5 Å². The number of thiophene rings is 1. The molecule has 0 aromatic carbocycles. The maximum Gasteiger partial charge on any atom is 0.234 e. The summed E-state index contributed by atoms with van der Waals surface area (Å²) in [5.41, 5.74) is 0. The number of carbonyl (C=O) groups is 1. The molecule has 18 heavy (non-hydrogen) atoms. The van der Waals surface area contributed by atoms with Crippen molar-refractivity contribution in [2.45, 2.75) is 6.54 Å². The van der Waals surface area contributed by atoms with Crippen LogP contribution >= 0.6 is 36.2 Å². The monoisotopic (exact) mass is 311 g/mol. The molecule has 1 aliphatic rings. The second kappa shape index (κ2) is 9.58. The lowest BCUT2D eigenvalue weighted by Crippen LogP contribution is -2.47. The molecular formula is C11H19Cl2N3OS. The standard InChI is InChI=1S/C11H17N3OS.2ClH/c15-11(9-14-5-3-12-4-6-14)13-8-10-2-1-7-16-10;;/h1-2,7,12H,3-6,8-9H2,(H,13,15);2*1H. The Morgan fingerprint density at radius 2 is 2.11 bits per heavy atom. The third kappa shape index (κ3) is 6.02. The van der Waals surface area contributed by atoms with Crippen LogP contribution in [0, 0.1) is 0 Å². The van der Waals surface area contributed by atoms with Gasteiger partial charge in [0, 0.05) is 31.1 Å². The van der Waals surface area contributed by atoms with Crippen LogP contribution in [-0.2, 0) is 11.3 Å². The lowest BCUT2D eigenvalue weighted by molar-refractivity contribution is -0.122. The number of hydrogen-bond donors (Lipinski definition) is 2. The van der Waals surface area contributed by atoms with Gasteiger partial charge in [-0.15, -0.1) is 36.2 Å². The average Bonchev–Trinajstić information content (AvgIpc) is 2.81. The Labute approximate surface area is 124 Å². The number of amides is 1. The van der Waals surface area contributed by atoms with Crippen molar-refractivity contribution < 1.29 is 4.79 Å². The van der Waals surface area contributed by atoms with E-state index in [2.05, 4.69) is 15.5 Å². The Hall–Kier alpha value is -0.330. The first-order valence-corrected chi connectivity index (χ1v) is 6.45. The summed E-state index contributed by atoms with van der Waals surface area (Å²) in [6.45, 7) is 5.07. The summed E-state index contributed by atoms with van der Waals surface area (Å²) in [5.74, 6) is 0.121. The molecule has 0 radical (unpaired) electrons. The molecule has 1 aromatic heterocycles. The summed E-state index contributed by atoms with van der Waals surface area (Å²) in [4.78, 5) is 15.0. The largest absolute Gasteiger partial charge is 0.350 e. The fourth-order valence-electron chi connectivity index (χ4n) is 1.73. The number of halogens is 2. The van der Waals surface area contributed by atoms with Gasteiger partial charge in [0.15, 0.2) is 0 Å². The van der Waals surface area contributed by atoms with Crippen molar-refractivity contribution in [3.8, 4) is 0 Å². The summed E-state index contributed by atoms with van der Waals surface area (Å²) in [7, 11) is 0. The van der Waals surface area contributed by atoms with E-state index in [0.29, 0.717) is 13.1 Å². The first-order chi connectivity index (χ1) is 7.84. The van der Waals surface area contributed by atoms with E-state index in [9.17, 15) is 4.79 Å². The third-order valence-corrected chi connectivity index (χ3v) is 3.49. The normalized spacial score (nSPS) is 15.3. The zero-order valence-electron chi connectivity index (χ0n) is 10.1. The smallest absolute Gasteiger partial charge is 0.234 e. The van der Waals surface area contributed by atoms with Crippen molar-refractivity contribution in [1.29, 1.82) is 0 Å². The Bertz CT molecular complexity index is 329. The molecule has 7 heteroatoms. The van der Waals surface area contributed by atoms with Gasteiger partial charge in [-0.05, 0) is 11.4 Å². The molecular weight excluding hydrogens is 293 g/mol. The summed E-state index contributed by atoms with van der Waals surface area (Å²) in [6, 6.07) is 4.04. The van der Waals surface area contributed by atoms with Crippen LogP contribution in [0.3, 0.4) is 0 Å². The molecule has 1 saturated heterocycles. The molecule has 0 saturated carbocycles. The minimum atomic E-state index is 0. The molecule has 0 spiro atoms. The number of nitrogens with zero attached hydrogens (tertiary/aromatic N) is 1. The van der Waals surface area contributed by atoms with E-state index >= 15 is 0 Å². The Morgan fingerprint density at radius 3 is 2.72 bits per heavy atom. The van der Waals surface area contributed by atoms with Crippen molar-refractivity contribution in [2.75, 3.05) is 32.7 Å². The summed E-state index contributed by atoms with van der Waals surface area (Å²) in [6.07, 6.45) is 0. The molecule has 1 amide bonds. The van der Waals surface area contributed by atoms with Crippen molar-refractivity contribution in [2.24, 2.45) is 0 Å². The van der Waals surface area contributed by atoms with Gasteiger partial charge < -0.3 is 10.6 Å². The zero-order valence-corrected chi connectivity index (χ0v) is 12.5. The van der Waals surface area contributed by atoms with E-state index in [0.717, 1.165) is 26.2 Å². The lowest BCUT2D eigenvalue weighted by atomic mass is 10.3. The molecule has 0 aliphatic carbocycles. The van der Waals surface area contributed by atoms with Gasteiger partial charge in [0.05, 0.1) is 13.1 Å². The quantitative estimate of drug-likeness (QED) is 0.875. The third-order valence-electron chi connectivity index (χ3n) is 2.62. The highest BCUT2D eigenvalue weighted by atomic mass is 35.5. The van der Waals surface area contributed by atoms with E-state index in [-0.39, 0.29) is 30.7 Å². The molecule has 1 aliphatic heterocycles. The number of rotatable bonds is 4. The zero-order chi connectivity index (χ0) is 11.2. The van der Waals surface area contributed by atoms with Gasteiger partial charge in [-0.2, -0.15) is 0 Å². The van der Waals surface area contributed by atoms with E-state index in [1.165, 1.54) is 4.88 Å². The molecule has 0 bridgehead atoms. The van der Waals surface area contributed by atoms with Crippen LogP contribution in [0.25, 0.3) is 0 Å². The minimum Gasteiger partial charge on any atom is -0.350 e. The maximum atomic E-state index is 11.6. The fourth-order valence-corrected chi connectivity index (χ4v) is 2.37. The second-order valence-electron chi connectivity index (χ2n) is 3.88. The van der Waals surface area contributed by atoms with Crippen LogP contribution < -0.4 is 10.6 Å². The van der Waals surface area contributed by atoms with Crippen LogP contribution in [0.1, 0.15) is 4.88 Å². The van der Waals surface area contributed by atoms with Crippen molar-refractivity contribution in [3.05, 3.63) is 22.4 Å². The number of nitrogens with one attached hydrogen (secondary N) is 2.